The summed E-state index contributed by atoms with van der Waals surface area (Å²) in [6.45, 7) is 2.89. The van der Waals surface area contributed by atoms with E-state index in [1.165, 1.54) is 5.56 Å². The fourth-order valence-corrected chi connectivity index (χ4v) is 1.90. The average molecular weight is 239 g/mol. The lowest BCUT2D eigenvalue weighted by Gasteiger charge is -2.05. The van der Waals surface area contributed by atoms with Crippen LogP contribution in [0.25, 0.3) is 0 Å². The minimum Gasteiger partial charge on any atom is -0.381 e. The normalized spacial score (nSPS) is 10.1. The van der Waals surface area contributed by atoms with E-state index < -0.39 is 0 Å². The largest absolute Gasteiger partial charge is 0.381 e. The molecule has 3 nitrogen and oxygen atoms in total. The molecule has 18 heavy (non-hydrogen) atoms. The summed E-state index contributed by atoms with van der Waals surface area (Å²) in [4.78, 5) is 0. The van der Waals surface area contributed by atoms with Crippen molar-refractivity contribution in [3.63, 3.8) is 0 Å². The Morgan fingerprint density at radius 3 is 2.50 bits per heavy atom. The van der Waals surface area contributed by atoms with Crippen molar-refractivity contribution in [3.05, 3.63) is 53.3 Å². The van der Waals surface area contributed by atoms with Crippen molar-refractivity contribution < 1.29 is 0 Å². The molecule has 3 heteroatoms. The van der Waals surface area contributed by atoms with Gasteiger partial charge in [-0.25, -0.2) is 0 Å². The molecular weight excluding hydrogens is 222 g/mol. The van der Waals surface area contributed by atoms with Crippen molar-refractivity contribution in [1.29, 1.82) is 5.26 Å². The molecule has 92 valence electrons. The minimum absolute atomic E-state index is 0.688. The molecule has 0 aliphatic carbocycles. The highest BCUT2D eigenvalue weighted by Crippen LogP contribution is 2.13. The second kappa shape index (κ2) is 5.42. The predicted octanol–water partition coefficient (Wildman–Crippen LogP) is 3.07. The number of hydrogen-bond donors (Lipinski definition) is 1. The lowest BCUT2D eigenvalue weighted by atomic mass is 10.1. The Morgan fingerprint density at radius 2 is 1.94 bits per heavy atom. The van der Waals surface area contributed by atoms with Gasteiger partial charge in [-0.3, -0.25) is 0 Å². The van der Waals surface area contributed by atoms with Crippen molar-refractivity contribution in [2.75, 3.05) is 5.32 Å². The molecule has 1 aromatic carbocycles. The highest BCUT2D eigenvalue weighted by molar-refractivity contribution is 5.45. The average Bonchev–Trinajstić information content (AvgIpc) is 2.77. The van der Waals surface area contributed by atoms with Crippen molar-refractivity contribution >= 4 is 5.69 Å². The Labute approximate surface area is 108 Å². The summed E-state index contributed by atoms with van der Waals surface area (Å²) >= 11 is 0. The van der Waals surface area contributed by atoms with E-state index in [4.69, 9.17) is 5.26 Å². The zero-order valence-electron chi connectivity index (χ0n) is 10.8. The van der Waals surface area contributed by atoms with Crippen LogP contribution in [0.3, 0.4) is 0 Å². The number of aromatic nitrogens is 1. The second-order valence-electron chi connectivity index (χ2n) is 4.36. The van der Waals surface area contributed by atoms with Crippen LogP contribution in [-0.2, 0) is 20.0 Å². The topological polar surface area (TPSA) is 40.8 Å². The fourth-order valence-electron chi connectivity index (χ4n) is 1.90. The van der Waals surface area contributed by atoms with Crippen molar-refractivity contribution in [2.24, 2.45) is 7.05 Å². The molecule has 0 radical (unpaired) electrons. The molecule has 2 aromatic rings. The third-order valence-corrected chi connectivity index (χ3v) is 3.03. The molecule has 0 saturated heterocycles. The zero-order valence-corrected chi connectivity index (χ0v) is 10.8. The molecule has 0 unspecified atom stereocenters. The van der Waals surface area contributed by atoms with Gasteiger partial charge in [-0.05, 0) is 35.7 Å². The summed E-state index contributed by atoms with van der Waals surface area (Å²) in [6.07, 6.45) is 3.04. The molecule has 0 aliphatic heterocycles. The van der Waals surface area contributed by atoms with Gasteiger partial charge in [0.15, 0.2) is 0 Å². The predicted molar refractivity (Wildman–Crippen MR) is 73.3 cm³/mol. The van der Waals surface area contributed by atoms with Crippen LogP contribution in [0.5, 0.6) is 0 Å². The second-order valence-corrected chi connectivity index (χ2v) is 4.36. The fraction of sp³-hybridized carbons (Fsp3) is 0.267. The van der Waals surface area contributed by atoms with E-state index in [2.05, 4.69) is 42.6 Å². The van der Waals surface area contributed by atoms with Crippen molar-refractivity contribution in [2.45, 2.75) is 19.9 Å². The summed E-state index contributed by atoms with van der Waals surface area (Å²) in [7, 11) is 1.89. The number of nitrogens with one attached hydrogen (secondary N) is 1. The molecule has 0 aliphatic rings. The zero-order chi connectivity index (χ0) is 13.0. The first-order valence-electron chi connectivity index (χ1n) is 6.11. The Kier molecular flexibility index (Phi) is 3.69. The number of nitriles is 1. The number of rotatable bonds is 4. The van der Waals surface area contributed by atoms with Gasteiger partial charge in [-0.15, -0.1) is 0 Å². The molecule has 1 aromatic heterocycles. The third-order valence-electron chi connectivity index (χ3n) is 3.03. The Balaban J connectivity index is 2.00. The maximum atomic E-state index is 8.88. The maximum Gasteiger partial charge on any atom is 0.120 e. The van der Waals surface area contributed by atoms with Crippen LogP contribution in [0.4, 0.5) is 5.69 Å². The lowest BCUT2D eigenvalue weighted by molar-refractivity contribution is 0.902. The Bertz CT molecular complexity index is 558. The molecular formula is C15H17N3. The SMILES string of the molecule is CCc1ccc(NCc2cc(C#N)n(C)c2)cc1. The van der Waals surface area contributed by atoms with Crippen LogP contribution in [0.15, 0.2) is 36.5 Å². The van der Waals surface area contributed by atoms with Gasteiger partial charge in [0, 0.05) is 25.5 Å². The molecule has 0 bridgehead atoms. The molecule has 1 heterocycles. The summed E-state index contributed by atoms with van der Waals surface area (Å²) < 4.78 is 1.84. The minimum atomic E-state index is 0.688. The summed E-state index contributed by atoms with van der Waals surface area (Å²) in [6, 6.07) is 12.5. The van der Waals surface area contributed by atoms with E-state index in [1.807, 2.05) is 23.9 Å². The van der Waals surface area contributed by atoms with Crippen LogP contribution in [-0.4, -0.2) is 4.57 Å². The quantitative estimate of drug-likeness (QED) is 0.890. The molecule has 2 rings (SSSR count). The maximum absolute atomic E-state index is 8.88. The molecule has 0 amide bonds. The lowest BCUT2D eigenvalue weighted by Crippen LogP contribution is -1.98. The molecule has 0 fully saturated rings. The summed E-state index contributed by atoms with van der Waals surface area (Å²) in [5.41, 5.74) is 4.25. The van der Waals surface area contributed by atoms with Gasteiger partial charge in [0.25, 0.3) is 0 Å². The van der Waals surface area contributed by atoms with Crippen molar-refractivity contribution in [1.82, 2.24) is 4.57 Å². The van der Waals surface area contributed by atoms with Crippen LogP contribution in [0, 0.1) is 11.3 Å². The first-order valence-corrected chi connectivity index (χ1v) is 6.11. The van der Waals surface area contributed by atoms with Gasteiger partial charge in [0.1, 0.15) is 11.8 Å². The smallest absolute Gasteiger partial charge is 0.120 e. The van der Waals surface area contributed by atoms with Gasteiger partial charge in [-0.1, -0.05) is 19.1 Å². The first kappa shape index (κ1) is 12.3. The highest BCUT2D eigenvalue weighted by Gasteiger charge is 2.01. The molecule has 1 N–H and O–H groups in total. The summed E-state index contributed by atoms with van der Waals surface area (Å²) in [5.74, 6) is 0. The van der Waals surface area contributed by atoms with E-state index in [0.29, 0.717) is 5.69 Å². The number of nitrogens with zero attached hydrogens (tertiary/aromatic N) is 2. The van der Waals surface area contributed by atoms with Gasteiger partial charge in [-0.2, -0.15) is 5.26 Å². The van der Waals surface area contributed by atoms with Gasteiger partial charge >= 0.3 is 0 Å². The first-order chi connectivity index (χ1) is 8.72. The molecule has 0 spiro atoms. The molecule has 0 atom stereocenters. The monoisotopic (exact) mass is 239 g/mol. The van der Waals surface area contributed by atoms with Crippen LogP contribution in [0.2, 0.25) is 0 Å². The molecule has 0 saturated carbocycles. The van der Waals surface area contributed by atoms with Crippen molar-refractivity contribution in [3.8, 4) is 6.07 Å². The van der Waals surface area contributed by atoms with Crippen LogP contribution >= 0.6 is 0 Å². The van der Waals surface area contributed by atoms with Gasteiger partial charge in [0.05, 0.1) is 0 Å². The standard InChI is InChI=1S/C15H17N3/c1-3-12-4-6-14(7-5-12)17-10-13-8-15(9-16)18(2)11-13/h4-8,11,17H,3,10H2,1-2H3. The van der Waals surface area contributed by atoms with E-state index in [-0.39, 0.29) is 0 Å². The van der Waals surface area contributed by atoms with Crippen LogP contribution < -0.4 is 5.32 Å². The summed E-state index contributed by atoms with van der Waals surface area (Å²) in [5, 5.41) is 12.2. The highest BCUT2D eigenvalue weighted by atomic mass is 14.9. The van der Waals surface area contributed by atoms with E-state index in [0.717, 1.165) is 24.2 Å². The van der Waals surface area contributed by atoms with Crippen LogP contribution in [0.1, 0.15) is 23.7 Å². The third kappa shape index (κ3) is 2.72. The number of hydrogen-bond acceptors (Lipinski definition) is 2. The Morgan fingerprint density at radius 1 is 1.22 bits per heavy atom. The van der Waals surface area contributed by atoms with E-state index in [9.17, 15) is 0 Å². The van der Waals surface area contributed by atoms with E-state index in [1.54, 1.807) is 0 Å². The number of aryl methyl sites for hydroxylation is 2. The van der Waals surface area contributed by atoms with Gasteiger partial charge < -0.3 is 9.88 Å². The van der Waals surface area contributed by atoms with E-state index >= 15 is 0 Å². The Hall–Kier alpha value is -2.21. The number of benzene rings is 1. The van der Waals surface area contributed by atoms with Gasteiger partial charge in [0.2, 0.25) is 0 Å². The number of anilines is 1.